The standard InChI is InChI=1S/C14H24N2O3/c1-11-4-2-7-15(9-6-11)14(19)16-8-3-5-12(10-16)13(17)18/h11-12H,2-10H2,1H3,(H,17,18). The van der Waals surface area contributed by atoms with Gasteiger partial charge in [-0.15, -0.1) is 0 Å². The SMILES string of the molecule is CC1CCCN(C(=O)N2CCCC(C(=O)O)C2)CC1. The van der Waals surface area contributed by atoms with Crippen molar-refractivity contribution < 1.29 is 14.7 Å². The van der Waals surface area contributed by atoms with E-state index in [0.717, 1.165) is 32.4 Å². The normalized spacial score (nSPS) is 28.9. The zero-order valence-corrected chi connectivity index (χ0v) is 11.7. The summed E-state index contributed by atoms with van der Waals surface area (Å²) >= 11 is 0. The van der Waals surface area contributed by atoms with Crippen molar-refractivity contribution >= 4 is 12.0 Å². The Morgan fingerprint density at radius 3 is 2.42 bits per heavy atom. The van der Waals surface area contributed by atoms with Crippen molar-refractivity contribution in [3.63, 3.8) is 0 Å². The fraction of sp³-hybridized carbons (Fsp3) is 0.857. The van der Waals surface area contributed by atoms with Gasteiger partial charge in [-0.1, -0.05) is 6.92 Å². The van der Waals surface area contributed by atoms with E-state index >= 15 is 0 Å². The number of carbonyl (C=O) groups is 2. The lowest BCUT2D eigenvalue weighted by Gasteiger charge is -2.34. The number of likely N-dealkylation sites (tertiary alicyclic amines) is 2. The highest BCUT2D eigenvalue weighted by molar-refractivity contribution is 5.76. The summed E-state index contributed by atoms with van der Waals surface area (Å²) in [5.41, 5.74) is 0. The average molecular weight is 268 g/mol. The fourth-order valence-corrected chi connectivity index (χ4v) is 3.01. The molecule has 2 unspecified atom stereocenters. The molecule has 2 fully saturated rings. The van der Waals surface area contributed by atoms with Gasteiger partial charge in [0.2, 0.25) is 0 Å². The van der Waals surface area contributed by atoms with Gasteiger partial charge < -0.3 is 14.9 Å². The van der Waals surface area contributed by atoms with Crippen molar-refractivity contribution in [2.45, 2.75) is 39.0 Å². The van der Waals surface area contributed by atoms with Gasteiger partial charge in [-0.25, -0.2) is 4.79 Å². The van der Waals surface area contributed by atoms with Crippen molar-refractivity contribution in [2.24, 2.45) is 11.8 Å². The predicted molar refractivity (Wildman–Crippen MR) is 71.9 cm³/mol. The first-order chi connectivity index (χ1) is 9.08. The number of carboxylic acids is 1. The highest BCUT2D eigenvalue weighted by Crippen LogP contribution is 2.21. The third-order valence-corrected chi connectivity index (χ3v) is 4.33. The molecule has 2 rings (SSSR count). The number of hydrogen-bond acceptors (Lipinski definition) is 2. The van der Waals surface area contributed by atoms with E-state index in [9.17, 15) is 9.59 Å². The van der Waals surface area contributed by atoms with Gasteiger partial charge in [0.1, 0.15) is 0 Å². The Kier molecular flexibility index (Phi) is 4.66. The Morgan fingerprint density at radius 1 is 1.00 bits per heavy atom. The number of rotatable bonds is 1. The second-order valence-corrected chi connectivity index (χ2v) is 5.93. The van der Waals surface area contributed by atoms with Crippen molar-refractivity contribution in [3.8, 4) is 0 Å². The lowest BCUT2D eigenvalue weighted by atomic mass is 9.98. The molecular weight excluding hydrogens is 244 g/mol. The maximum Gasteiger partial charge on any atom is 0.320 e. The number of hydrogen-bond donors (Lipinski definition) is 1. The summed E-state index contributed by atoms with van der Waals surface area (Å²) in [7, 11) is 0. The minimum atomic E-state index is -0.776. The molecule has 0 aromatic heterocycles. The Morgan fingerprint density at radius 2 is 1.68 bits per heavy atom. The molecule has 2 atom stereocenters. The van der Waals surface area contributed by atoms with Gasteiger partial charge in [-0.2, -0.15) is 0 Å². The van der Waals surface area contributed by atoms with E-state index in [1.54, 1.807) is 4.90 Å². The Balaban J connectivity index is 1.93. The van der Waals surface area contributed by atoms with Gasteiger partial charge in [0.05, 0.1) is 5.92 Å². The summed E-state index contributed by atoms with van der Waals surface area (Å²) in [4.78, 5) is 27.1. The maximum absolute atomic E-state index is 12.4. The molecule has 2 heterocycles. The molecule has 19 heavy (non-hydrogen) atoms. The van der Waals surface area contributed by atoms with E-state index in [-0.39, 0.29) is 11.9 Å². The van der Waals surface area contributed by atoms with E-state index < -0.39 is 5.97 Å². The minimum Gasteiger partial charge on any atom is -0.481 e. The molecular formula is C14H24N2O3. The predicted octanol–water partition coefficient (Wildman–Crippen LogP) is 2.03. The number of carboxylic acid groups (broad SMARTS) is 1. The second kappa shape index (κ2) is 6.26. The molecule has 0 radical (unpaired) electrons. The van der Waals surface area contributed by atoms with Gasteiger partial charge in [0.25, 0.3) is 0 Å². The van der Waals surface area contributed by atoms with Crippen molar-refractivity contribution in [1.82, 2.24) is 9.80 Å². The van der Waals surface area contributed by atoms with Crippen molar-refractivity contribution in [3.05, 3.63) is 0 Å². The molecule has 1 N–H and O–H groups in total. The number of urea groups is 1. The van der Waals surface area contributed by atoms with Crippen LogP contribution in [-0.4, -0.2) is 53.1 Å². The van der Waals surface area contributed by atoms with Crippen LogP contribution in [0.5, 0.6) is 0 Å². The highest BCUT2D eigenvalue weighted by atomic mass is 16.4. The molecule has 0 aliphatic carbocycles. The van der Waals surface area contributed by atoms with E-state index in [1.807, 2.05) is 4.90 Å². The van der Waals surface area contributed by atoms with Crippen LogP contribution in [0.1, 0.15) is 39.0 Å². The van der Waals surface area contributed by atoms with Crippen molar-refractivity contribution in [1.29, 1.82) is 0 Å². The Bertz CT molecular complexity index is 346. The fourth-order valence-electron chi connectivity index (χ4n) is 3.01. The molecule has 2 amide bonds. The van der Waals surface area contributed by atoms with Gasteiger partial charge >= 0.3 is 12.0 Å². The smallest absolute Gasteiger partial charge is 0.320 e. The van der Waals surface area contributed by atoms with Gasteiger partial charge in [-0.3, -0.25) is 4.79 Å². The molecule has 2 aliphatic rings. The van der Waals surface area contributed by atoms with Gasteiger partial charge in [0.15, 0.2) is 0 Å². The lowest BCUT2D eigenvalue weighted by Crippen LogP contribution is -2.49. The van der Waals surface area contributed by atoms with Crippen LogP contribution >= 0.6 is 0 Å². The highest BCUT2D eigenvalue weighted by Gasteiger charge is 2.30. The maximum atomic E-state index is 12.4. The Labute approximate surface area is 114 Å². The van der Waals surface area contributed by atoms with E-state index in [1.165, 1.54) is 6.42 Å². The summed E-state index contributed by atoms with van der Waals surface area (Å²) in [6.45, 7) is 4.94. The first-order valence-corrected chi connectivity index (χ1v) is 7.34. The number of aliphatic carboxylic acids is 1. The molecule has 0 saturated carbocycles. The third kappa shape index (κ3) is 3.61. The molecule has 2 aliphatic heterocycles. The summed E-state index contributed by atoms with van der Waals surface area (Å²) < 4.78 is 0. The summed E-state index contributed by atoms with van der Waals surface area (Å²) in [5.74, 6) is -0.475. The van der Waals surface area contributed by atoms with E-state index in [2.05, 4.69) is 6.92 Å². The monoisotopic (exact) mass is 268 g/mol. The quantitative estimate of drug-likeness (QED) is 0.791. The van der Waals surface area contributed by atoms with Crippen LogP contribution in [0.4, 0.5) is 4.79 Å². The zero-order chi connectivity index (χ0) is 13.8. The van der Waals surface area contributed by atoms with Crippen LogP contribution in [-0.2, 0) is 4.79 Å². The Hall–Kier alpha value is -1.26. The first-order valence-electron chi connectivity index (χ1n) is 7.34. The van der Waals surface area contributed by atoms with Crippen LogP contribution in [0.3, 0.4) is 0 Å². The molecule has 2 saturated heterocycles. The molecule has 0 aromatic rings. The molecule has 0 spiro atoms. The van der Waals surface area contributed by atoms with E-state index in [0.29, 0.717) is 25.4 Å². The van der Waals surface area contributed by atoms with Crippen LogP contribution in [0.2, 0.25) is 0 Å². The molecule has 0 aromatic carbocycles. The third-order valence-electron chi connectivity index (χ3n) is 4.33. The number of nitrogens with zero attached hydrogens (tertiary/aromatic N) is 2. The molecule has 0 bridgehead atoms. The van der Waals surface area contributed by atoms with Crippen LogP contribution in [0, 0.1) is 11.8 Å². The lowest BCUT2D eigenvalue weighted by molar-refractivity contribution is -0.143. The number of amides is 2. The van der Waals surface area contributed by atoms with Crippen molar-refractivity contribution in [2.75, 3.05) is 26.2 Å². The second-order valence-electron chi connectivity index (χ2n) is 5.93. The summed E-state index contributed by atoms with van der Waals surface area (Å²) in [6.07, 6.45) is 4.79. The van der Waals surface area contributed by atoms with Crippen LogP contribution in [0.25, 0.3) is 0 Å². The number of carbonyl (C=O) groups excluding carboxylic acids is 1. The molecule has 5 nitrogen and oxygen atoms in total. The van der Waals surface area contributed by atoms with Gasteiger partial charge in [0, 0.05) is 26.2 Å². The van der Waals surface area contributed by atoms with Crippen LogP contribution in [0.15, 0.2) is 0 Å². The molecule has 5 heteroatoms. The zero-order valence-electron chi connectivity index (χ0n) is 11.7. The topological polar surface area (TPSA) is 60.9 Å². The number of piperidine rings is 1. The van der Waals surface area contributed by atoms with Gasteiger partial charge in [-0.05, 0) is 38.0 Å². The van der Waals surface area contributed by atoms with Crippen LogP contribution < -0.4 is 0 Å². The minimum absolute atomic E-state index is 0.0417. The first kappa shape index (κ1) is 14.2. The summed E-state index contributed by atoms with van der Waals surface area (Å²) in [6, 6.07) is 0.0417. The largest absolute Gasteiger partial charge is 0.481 e. The average Bonchev–Trinajstić information content (AvgIpc) is 2.63. The summed E-state index contributed by atoms with van der Waals surface area (Å²) in [5, 5.41) is 9.08. The van der Waals surface area contributed by atoms with E-state index in [4.69, 9.17) is 5.11 Å². The molecule has 108 valence electrons.